The summed E-state index contributed by atoms with van der Waals surface area (Å²) in [5.74, 6) is 1.91. The molecule has 1 aliphatic rings. The fraction of sp³-hybridized carbons (Fsp3) is 0.333. The average molecular weight is 333 g/mol. The molecule has 7 heteroatoms. The zero-order valence-electron chi connectivity index (χ0n) is 13.8. The third kappa shape index (κ3) is 3.11. The van der Waals surface area contributed by atoms with E-state index in [9.17, 15) is 5.26 Å². The number of rotatable bonds is 4. The number of pyridine rings is 1. The van der Waals surface area contributed by atoms with Crippen LogP contribution < -0.4 is 10.2 Å². The van der Waals surface area contributed by atoms with E-state index >= 15 is 0 Å². The van der Waals surface area contributed by atoms with E-state index in [1.165, 1.54) is 0 Å². The molecule has 3 aromatic heterocycles. The van der Waals surface area contributed by atoms with Crippen molar-refractivity contribution < 1.29 is 0 Å². The van der Waals surface area contributed by atoms with E-state index in [4.69, 9.17) is 0 Å². The van der Waals surface area contributed by atoms with Crippen molar-refractivity contribution in [2.75, 3.05) is 29.9 Å². The SMILES string of the molecule is N#Cc1c(NCC2CCCN(c3ncccn3)C2)nc2ccccn12. The second-order valence-electron chi connectivity index (χ2n) is 6.23. The van der Waals surface area contributed by atoms with Crippen LogP contribution in [0.3, 0.4) is 0 Å². The van der Waals surface area contributed by atoms with Gasteiger partial charge in [0.25, 0.3) is 0 Å². The van der Waals surface area contributed by atoms with Gasteiger partial charge in [-0.1, -0.05) is 6.07 Å². The maximum Gasteiger partial charge on any atom is 0.225 e. The Morgan fingerprint density at radius 3 is 2.96 bits per heavy atom. The van der Waals surface area contributed by atoms with Gasteiger partial charge in [-0.15, -0.1) is 0 Å². The molecule has 0 spiro atoms. The minimum atomic E-state index is 0.467. The summed E-state index contributed by atoms with van der Waals surface area (Å²) < 4.78 is 1.81. The van der Waals surface area contributed by atoms with Crippen molar-refractivity contribution in [2.45, 2.75) is 12.8 Å². The molecule has 1 atom stereocenters. The van der Waals surface area contributed by atoms with Crippen molar-refractivity contribution in [2.24, 2.45) is 5.92 Å². The third-order valence-electron chi connectivity index (χ3n) is 4.55. The molecular formula is C18H19N7. The van der Waals surface area contributed by atoms with Crippen molar-refractivity contribution in [1.29, 1.82) is 5.26 Å². The van der Waals surface area contributed by atoms with Crippen molar-refractivity contribution in [3.63, 3.8) is 0 Å². The lowest BCUT2D eigenvalue weighted by atomic mass is 9.98. The van der Waals surface area contributed by atoms with E-state index in [1.807, 2.05) is 34.9 Å². The molecule has 0 saturated carbocycles. The molecule has 1 saturated heterocycles. The van der Waals surface area contributed by atoms with Gasteiger partial charge in [0.1, 0.15) is 11.7 Å². The van der Waals surface area contributed by atoms with Gasteiger partial charge in [0.05, 0.1) is 0 Å². The summed E-state index contributed by atoms with van der Waals surface area (Å²) in [4.78, 5) is 15.5. The Morgan fingerprint density at radius 1 is 1.24 bits per heavy atom. The Balaban J connectivity index is 1.46. The van der Waals surface area contributed by atoms with Crippen molar-refractivity contribution in [1.82, 2.24) is 19.4 Å². The highest BCUT2D eigenvalue weighted by molar-refractivity contribution is 5.58. The Labute approximate surface area is 146 Å². The lowest BCUT2D eigenvalue weighted by molar-refractivity contribution is 0.427. The van der Waals surface area contributed by atoms with Crippen LogP contribution in [0, 0.1) is 17.2 Å². The number of piperidine rings is 1. The van der Waals surface area contributed by atoms with E-state index in [-0.39, 0.29) is 0 Å². The smallest absolute Gasteiger partial charge is 0.225 e. The second kappa shape index (κ2) is 6.77. The number of anilines is 2. The second-order valence-corrected chi connectivity index (χ2v) is 6.23. The first-order chi connectivity index (χ1) is 12.3. The van der Waals surface area contributed by atoms with Crippen LogP contribution in [0.5, 0.6) is 0 Å². The van der Waals surface area contributed by atoms with Gasteiger partial charge in [0, 0.05) is 38.2 Å². The summed E-state index contributed by atoms with van der Waals surface area (Å²) in [7, 11) is 0. The number of hydrogen-bond acceptors (Lipinski definition) is 6. The lowest BCUT2D eigenvalue weighted by Crippen LogP contribution is -2.39. The minimum Gasteiger partial charge on any atom is -0.367 e. The monoisotopic (exact) mass is 333 g/mol. The Bertz CT molecular complexity index is 897. The molecule has 4 rings (SSSR count). The highest BCUT2D eigenvalue weighted by atomic mass is 15.3. The van der Waals surface area contributed by atoms with Crippen molar-refractivity contribution >= 4 is 17.4 Å². The van der Waals surface area contributed by atoms with Gasteiger partial charge in [0.15, 0.2) is 11.5 Å². The topological polar surface area (TPSA) is 82.1 Å². The van der Waals surface area contributed by atoms with E-state index in [1.54, 1.807) is 12.4 Å². The molecule has 126 valence electrons. The molecule has 0 aliphatic carbocycles. The molecule has 0 aromatic carbocycles. The van der Waals surface area contributed by atoms with Gasteiger partial charge in [-0.25, -0.2) is 15.0 Å². The quantitative estimate of drug-likeness (QED) is 0.789. The number of fused-ring (bicyclic) bond motifs is 1. The summed E-state index contributed by atoms with van der Waals surface area (Å²) >= 11 is 0. The first kappa shape index (κ1) is 15.4. The molecule has 7 nitrogen and oxygen atoms in total. The molecule has 1 fully saturated rings. The Kier molecular flexibility index (Phi) is 4.17. The zero-order chi connectivity index (χ0) is 17.1. The summed E-state index contributed by atoms with van der Waals surface area (Å²) in [6.07, 6.45) is 7.67. The molecule has 0 radical (unpaired) electrons. The number of hydrogen-bond donors (Lipinski definition) is 1. The van der Waals surface area contributed by atoms with Gasteiger partial charge in [-0.05, 0) is 37.0 Å². The van der Waals surface area contributed by atoms with Crippen LogP contribution in [0.1, 0.15) is 18.5 Å². The molecule has 4 heterocycles. The van der Waals surface area contributed by atoms with Crippen LogP contribution >= 0.6 is 0 Å². The lowest BCUT2D eigenvalue weighted by Gasteiger charge is -2.32. The summed E-state index contributed by atoms with van der Waals surface area (Å²) in [5.41, 5.74) is 1.33. The molecule has 1 aliphatic heterocycles. The van der Waals surface area contributed by atoms with Crippen LogP contribution in [0.4, 0.5) is 11.8 Å². The molecule has 25 heavy (non-hydrogen) atoms. The van der Waals surface area contributed by atoms with Crippen LogP contribution in [-0.2, 0) is 0 Å². The van der Waals surface area contributed by atoms with Crippen LogP contribution in [0.2, 0.25) is 0 Å². The highest BCUT2D eigenvalue weighted by Crippen LogP contribution is 2.22. The van der Waals surface area contributed by atoms with Crippen molar-refractivity contribution in [3.8, 4) is 6.07 Å². The standard InChI is InChI=1S/C18H19N7/c19-11-15-17(23-16-6-1-2-10-25(15)16)22-12-14-5-3-9-24(13-14)18-20-7-4-8-21-18/h1-2,4,6-8,10,14,22H,3,5,9,12-13H2. The highest BCUT2D eigenvalue weighted by Gasteiger charge is 2.22. The number of aromatic nitrogens is 4. The van der Waals surface area contributed by atoms with Gasteiger partial charge >= 0.3 is 0 Å². The molecule has 0 bridgehead atoms. The molecule has 0 amide bonds. The summed E-state index contributed by atoms with van der Waals surface area (Å²) in [6, 6.07) is 9.81. The maximum absolute atomic E-state index is 9.46. The number of nitriles is 1. The van der Waals surface area contributed by atoms with Crippen molar-refractivity contribution in [3.05, 3.63) is 48.5 Å². The van der Waals surface area contributed by atoms with Gasteiger partial charge in [-0.3, -0.25) is 4.40 Å². The molecule has 3 aromatic rings. The van der Waals surface area contributed by atoms with Crippen LogP contribution in [0.15, 0.2) is 42.9 Å². The minimum absolute atomic E-state index is 0.467. The Morgan fingerprint density at radius 2 is 2.12 bits per heavy atom. The first-order valence-electron chi connectivity index (χ1n) is 8.48. The molecule has 1 unspecified atom stereocenters. The van der Waals surface area contributed by atoms with Gasteiger partial charge in [0.2, 0.25) is 5.95 Å². The first-order valence-corrected chi connectivity index (χ1v) is 8.48. The Hall–Kier alpha value is -3.14. The number of nitrogens with one attached hydrogen (secondary N) is 1. The summed E-state index contributed by atoms with van der Waals surface area (Å²) in [6.45, 7) is 2.67. The van der Waals surface area contributed by atoms with Crippen LogP contribution in [-0.4, -0.2) is 39.0 Å². The van der Waals surface area contributed by atoms with Gasteiger partial charge in [-0.2, -0.15) is 5.26 Å². The number of imidazole rings is 1. The third-order valence-corrected chi connectivity index (χ3v) is 4.55. The normalized spacial score (nSPS) is 17.4. The average Bonchev–Trinajstić information content (AvgIpc) is 3.05. The fourth-order valence-corrected chi connectivity index (χ4v) is 3.33. The zero-order valence-corrected chi connectivity index (χ0v) is 13.8. The largest absolute Gasteiger partial charge is 0.367 e. The van der Waals surface area contributed by atoms with Crippen LogP contribution in [0.25, 0.3) is 5.65 Å². The van der Waals surface area contributed by atoms with E-state index in [0.717, 1.165) is 44.1 Å². The summed E-state index contributed by atoms with van der Waals surface area (Å²) in [5, 5.41) is 12.8. The number of nitrogens with zero attached hydrogens (tertiary/aromatic N) is 6. The fourth-order valence-electron chi connectivity index (χ4n) is 3.33. The van der Waals surface area contributed by atoms with Gasteiger partial charge < -0.3 is 10.2 Å². The maximum atomic E-state index is 9.46. The molecule has 1 N–H and O–H groups in total. The van der Waals surface area contributed by atoms with E-state index < -0.39 is 0 Å². The predicted molar refractivity (Wildman–Crippen MR) is 95.4 cm³/mol. The predicted octanol–water partition coefficient (Wildman–Crippen LogP) is 2.32. The molecular weight excluding hydrogens is 314 g/mol. The van der Waals surface area contributed by atoms with E-state index in [0.29, 0.717) is 17.4 Å². The van der Waals surface area contributed by atoms with E-state index in [2.05, 4.69) is 31.2 Å².